The van der Waals surface area contributed by atoms with Crippen LogP contribution in [-0.2, 0) is 25.4 Å². The summed E-state index contributed by atoms with van der Waals surface area (Å²) in [7, 11) is 3.12. The van der Waals surface area contributed by atoms with Gasteiger partial charge >= 0.3 is 5.69 Å². The van der Waals surface area contributed by atoms with E-state index in [1.54, 1.807) is 28.1 Å². The van der Waals surface area contributed by atoms with Crippen molar-refractivity contribution < 1.29 is 4.79 Å². The maximum Gasteiger partial charge on any atom is 0.332 e. The number of nitrogens with zero attached hydrogens (tertiary/aromatic N) is 7. The number of amides is 1. The molecule has 0 spiro atoms. The fourth-order valence-corrected chi connectivity index (χ4v) is 7.59. The van der Waals surface area contributed by atoms with E-state index in [-0.39, 0.29) is 11.7 Å². The molecule has 2 aliphatic carbocycles. The molecule has 12 heteroatoms. The van der Waals surface area contributed by atoms with E-state index in [0.29, 0.717) is 45.7 Å². The smallest absolute Gasteiger partial charge is 0.332 e. The van der Waals surface area contributed by atoms with Crippen molar-refractivity contribution in [1.29, 1.82) is 0 Å². The van der Waals surface area contributed by atoms with Crippen LogP contribution in [0.2, 0.25) is 5.02 Å². The number of carbonyl (C=O) groups excluding carboxylic acids is 1. The Morgan fingerprint density at radius 2 is 1.54 bits per heavy atom. The van der Waals surface area contributed by atoms with Gasteiger partial charge in [-0.1, -0.05) is 74.0 Å². The van der Waals surface area contributed by atoms with Crippen LogP contribution >= 0.6 is 23.4 Å². The lowest BCUT2D eigenvalue weighted by molar-refractivity contribution is -0.135. The van der Waals surface area contributed by atoms with Crippen LogP contribution in [0, 0.1) is 0 Å². The number of thioether (sulfide) groups is 1. The summed E-state index contributed by atoms with van der Waals surface area (Å²) in [6, 6.07) is 8.01. The van der Waals surface area contributed by atoms with Crippen molar-refractivity contribution in [3.63, 3.8) is 0 Å². The van der Waals surface area contributed by atoms with E-state index in [0.717, 1.165) is 35.8 Å². The van der Waals surface area contributed by atoms with Crippen molar-refractivity contribution in [2.75, 3.05) is 5.75 Å². The van der Waals surface area contributed by atoms with E-state index in [9.17, 15) is 14.4 Å². The van der Waals surface area contributed by atoms with Crippen LogP contribution in [0.5, 0.6) is 0 Å². The summed E-state index contributed by atoms with van der Waals surface area (Å²) in [5.41, 5.74) is 0.852. The fourth-order valence-electron chi connectivity index (χ4n) is 6.67. The Morgan fingerprint density at radius 3 is 2.15 bits per heavy atom. The Bertz CT molecular complexity index is 1670. The third-order valence-corrected chi connectivity index (χ3v) is 9.92. The van der Waals surface area contributed by atoms with Crippen molar-refractivity contribution >= 4 is 46.2 Å². The number of carbonyl (C=O) groups is 1. The molecular formula is C29H36ClN7O3S. The predicted octanol–water partition coefficient (Wildman–Crippen LogP) is 4.37. The maximum absolute atomic E-state index is 13.9. The van der Waals surface area contributed by atoms with Gasteiger partial charge in [0, 0.05) is 31.2 Å². The molecule has 2 fully saturated rings. The highest BCUT2D eigenvalue weighted by Crippen LogP contribution is 2.32. The van der Waals surface area contributed by atoms with Crippen molar-refractivity contribution in [3.8, 4) is 0 Å². The number of hydrogen-bond acceptors (Lipinski definition) is 6. The lowest BCUT2D eigenvalue weighted by Crippen LogP contribution is -2.49. The van der Waals surface area contributed by atoms with Crippen molar-refractivity contribution in [3.05, 3.63) is 55.7 Å². The second-order valence-electron chi connectivity index (χ2n) is 11.4. The molecule has 2 aliphatic rings. The zero-order valence-corrected chi connectivity index (χ0v) is 25.2. The second kappa shape index (κ2) is 11.7. The molecular weight excluding hydrogens is 562 g/mol. The maximum atomic E-state index is 13.9. The van der Waals surface area contributed by atoms with Gasteiger partial charge in [-0.3, -0.25) is 23.3 Å². The van der Waals surface area contributed by atoms with Crippen LogP contribution in [0.25, 0.3) is 16.9 Å². The molecule has 3 aromatic heterocycles. The summed E-state index contributed by atoms with van der Waals surface area (Å²) in [4.78, 5) is 42.5. The predicted molar refractivity (Wildman–Crippen MR) is 161 cm³/mol. The molecule has 1 amide bonds. The van der Waals surface area contributed by atoms with Gasteiger partial charge in [-0.2, -0.15) is 0 Å². The minimum absolute atomic E-state index is 0.139. The van der Waals surface area contributed by atoms with Gasteiger partial charge in [0.25, 0.3) is 5.56 Å². The topological polar surface area (TPSA) is 99.4 Å². The van der Waals surface area contributed by atoms with Crippen molar-refractivity contribution in [2.45, 2.75) is 88.0 Å². The summed E-state index contributed by atoms with van der Waals surface area (Å²) in [6.45, 7) is 0.344. The lowest BCUT2D eigenvalue weighted by atomic mass is 9.88. The molecule has 2 saturated carbocycles. The average molecular weight is 598 g/mol. The van der Waals surface area contributed by atoms with E-state index in [1.807, 2.05) is 12.1 Å². The summed E-state index contributed by atoms with van der Waals surface area (Å²) < 4.78 is 6.09. The van der Waals surface area contributed by atoms with Gasteiger partial charge in [0.15, 0.2) is 16.3 Å². The largest absolute Gasteiger partial charge is 0.336 e. The van der Waals surface area contributed by atoms with Crippen molar-refractivity contribution in [2.24, 2.45) is 14.1 Å². The van der Waals surface area contributed by atoms with E-state index in [2.05, 4.69) is 15.1 Å². The van der Waals surface area contributed by atoms with E-state index < -0.39 is 11.2 Å². The monoisotopic (exact) mass is 597 g/mol. The molecule has 0 aliphatic heterocycles. The fraction of sp³-hybridized carbons (Fsp3) is 0.552. The van der Waals surface area contributed by atoms with Gasteiger partial charge in [0.05, 0.1) is 12.3 Å². The molecule has 1 aromatic carbocycles. The van der Waals surface area contributed by atoms with Crippen molar-refractivity contribution in [1.82, 2.24) is 33.2 Å². The zero-order chi connectivity index (χ0) is 28.7. The minimum Gasteiger partial charge on any atom is -0.336 e. The number of halogens is 1. The van der Waals surface area contributed by atoms with Gasteiger partial charge < -0.3 is 4.90 Å². The first-order chi connectivity index (χ1) is 19.8. The third kappa shape index (κ3) is 5.22. The molecule has 0 radical (unpaired) electrons. The van der Waals surface area contributed by atoms with Gasteiger partial charge in [0.2, 0.25) is 11.7 Å². The highest BCUT2D eigenvalue weighted by atomic mass is 35.5. The number of fused-ring (bicyclic) bond motifs is 3. The number of benzene rings is 1. The Balaban J connectivity index is 1.38. The Morgan fingerprint density at radius 1 is 0.927 bits per heavy atom. The van der Waals surface area contributed by atoms with Gasteiger partial charge in [-0.15, -0.1) is 10.2 Å². The first-order valence-corrected chi connectivity index (χ1v) is 15.9. The second-order valence-corrected chi connectivity index (χ2v) is 12.8. The van der Waals surface area contributed by atoms with E-state index in [4.69, 9.17) is 11.6 Å². The first kappa shape index (κ1) is 28.1. The molecule has 0 unspecified atom stereocenters. The van der Waals surface area contributed by atoms with Crippen LogP contribution in [-0.4, -0.2) is 56.9 Å². The lowest BCUT2D eigenvalue weighted by Gasteiger charge is -2.41. The standard InChI is InChI=1S/C29H36ClN7O3S/c1-33-25-24(26(39)34(2)29(33)40)35(17-19-13-15-20(30)16-14-19)27-31-32-28(37(25)27)41-18-23(38)36(21-9-5-3-6-10-21)22-11-7-4-8-12-22/h13-16,21-22H,3-12,17-18H2,1-2H3. The van der Waals surface area contributed by atoms with Gasteiger partial charge in [-0.25, -0.2) is 9.20 Å². The van der Waals surface area contributed by atoms with E-state index >= 15 is 0 Å². The van der Waals surface area contributed by atoms with Crippen LogP contribution in [0.3, 0.4) is 0 Å². The minimum atomic E-state index is -0.436. The first-order valence-electron chi connectivity index (χ1n) is 14.6. The highest BCUT2D eigenvalue weighted by Gasteiger charge is 2.33. The van der Waals surface area contributed by atoms with Crippen LogP contribution < -0.4 is 11.2 Å². The Hall–Kier alpha value is -3.05. The highest BCUT2D eigenvalue weighted by molar-refractivity contribution is 7.99. The number of imidazole rings is 1. The molecule has 0 bridgehead atoms. The Labute approximate surface area is 247 Å². The average Bonchev–Trinajstić information content (AvgIpc) is 3.55. The van der Waals surface area contributed by atoms with E-state index in [1.165, 1.54) is 61.9 Å². The van der Waals surface area contributed by atoms with Crippen LogP contribution in [0.4, 0.5) is 0 Å². The molecule has 4 aromatic rings. The molecule has 0 N–H and O–H groups in total. The number of aromatic nitrogens is 6. The number of aryl methyl sites for hydroxylation is 1. The summed E-state index contributed by atoms with van der Waals surface area (Å²) >= 11 is 7.42. The molecule has 6 rings (SSSR count). The number of rotatable bonds is 7. The van der Waals surface area contributed by atoms with Crippen LogP contribution in [0.15, 0.2) is 39.0 Å². The quantitative estimate of drug-likeness (QED) is 0.293. The normalized spacial score (nSPS) is 17.0. The zero-order valence-electron chi connectivity index (χ0n) is 23.6. The molecule has 41 heavy (non-hydrogen) atoms. The summed E-state index contributed by atoms with van der Waals surface area (Å²) in [5, 5.41) is 10.0. The Kier molecular flexibility index (Phi) is 8.00. The third-order valence-electron chi connectivity index (χ3n) is 8.75. The molecule has 0 atom stereocenters. The van der Waals surface area contributed by atoms with Crippen LogP contribution in [0.1, 0.15) is 69.8 Å². The molecule has 218 valence electrons. The van der Waals surface area contributed by atoms with Gasteiger partial charge in [-0.05, 0) is 43.4 Å². The SMILES string of the molecule is Cn1c(=O)c2c(n(C)c1=O)n1c(SCC(=O)N(C3CCCCC3)C3CCCCC3)nnc1n2Cc1ccc(Cl)cc1. The molecule has 0 saturated heterocycles. The number of hydrogen-bond donors (Lipinski definition) is 0. The molecule has 10 nitrogen and oxygen atoms in total. The van der Waals surface area contributed by atoms with Gasteiger partial charge in [0.1, 0.15) is 0 Å². The summed E-state index contributed by atoms with van der Waals surface area (Å²) in [5.74, 6) is 0.816. The summed E-state index contributed by atoms with van der Waals surface area (Å²) in [6.07, 6.45) is 11.5. The molecule has 3 heterocycles.